The highest BCUT2D eigenvalue weighted by molar-refractivity contribution is 5.91. The van der Waals surface area contributed by atoms with E-state index in [4.69, 9.17) is 4.74 Å². The molecule has 0 unspecified atom stereocenters. The molecule has 150 valence electrons. The molecule has 1 saturated heterocycles. The van der Waals surface area contributed by atoms with Gasteiger partial charge in [0.25, 0.3) is 0 Å². The minimum Gasteiger partial charge on any atom is -0.383 e. The zero-order valence-electron chi connectivity index (χ0n) is 17.1. The molecule has 1 heterocycles. The lowest BCUT2D eigenvalue weighted by molar-refractivity contribution is -0.115. The van der Waals surface area contributed by atoms with Gasteiger partial charge >= 0.3 is 0 Å². The van der Waals surface area contributed by atoms with Crippen molar-refractivity contribution < 1.29 is 9.53 Å². The topological polar surface area (TPSA) is 53.6 Å². The van der Waals surface area contributed by atoms with Crippen molar-refractivity contribution in [1.29, 1.82) is 0 Å². The Balaban J connectivity index is 1.50. The van der Waals surface area contributed by atoms with Crippen LogP contribution in [-0.2, 0) is 14.9 Å². The van der Waals surface area contributed by atoms with Crippen LogP contribution in [0.1, 0.15) is 32.8 Å². The summed E-state index contributed by atoms with van der Waals surface area (Å²) >= 11 is 0. The van der Waals surface area contributed by atoms with Gasteiger partial charge in [-0.15, -0.1) is 0 Å². The molecule has 0 saturated carbocycles. The molecule has 0 atom stereocenters. The number of morpholine rings is 1. The molecule has 5 heteroatoms. The van der Waals surface area contributed by atoms with Crippen LogP contribution in [0, 0.1) is 0 Å². The van der Waals surface area contributed by atoms with Crippen LogP contribution in [0.2, 0.25) is 0 Å². The van der Waals surface area contributed by atoms with Crippen LogP contribution < -0.4 is 15.5 Å². The van der Waals surface area contributed by atoms with E-state index < -0.39 is 0 Å². The van der Waals surface area contributed by atoms with E-state index in [9.17, 15) is 4.79 Å². The van der Waals surface area contributed by atoms with Gasteiger partial charge in [-0.3, -0.25) is 4.79 Å². The number of benzene rings is 2. The summed E-state index contributed by atoms with van der Waals surface area (Å²) in [5.41, 5.74) is 4.44. The highest BCUT2D eigenvalue weighted by Gasteiger charge is 2.15. The predicted molar refractivity (Wildman–Crippen MR) is 116 cm³/mol. The number of carbonyl (C=O) groups is 1. The Labute approximate surface area is 168 Å². The summed E-state index contributed by atoms with van der Waals surface area (Å²) in [5.74, 6) is 0.0138. The van der Waals surface area contributed by atoms with E-state index in [1.807, 2.05) is 24.3 Å². The van der Waals surface area contributed by atoms with Gasteiger partial charge in [0, 0.05) is 31.7 Å². The average molecular weight is 382 g/mol. The number of nitrogens with one attached hydrogen (secondary N) is 2. The van der Waals surface area contributed by atoms with E-state index in [2.05, 4.69) is 60.6 Å². The van der Waals surface area contributed by atoms with E-state index in [-0.39, 0.29) is 11.3 Å². The summed E-state index contributed by atoms with van der Waals surface area (Å²) in [6, 6.07) is 16.3. The summed E-state index contributed by atoms with van der Waals surface area (Å²) < 4.78 is 5.44. The third-order valence-electron chi connectivity index (χ3n) is 4.96. The zero-order chi connectivity index (χ0) is 20.0. The fraction of sp³-hybridized carbons (Fsp3) is 0.435. The maximum Gasteiger partial charge on any atom is 0.226 e. The second-order valence-corrected chi connectivity index (χ2v) is 8.17. The lowest BCUT2D eigenvalue weighted by atomic mass is 9.87. The third kappa shape index (κ3) is 5.49. The number of para-hydroxylation sites is 2. The van der Waals surface area contributed by atoms with E-state index >= 15 is 0 Å². The predicted octanol–water partition coefficient (Wildman–Crippen LogP) is 4.26. The van der Waals surface area contributed by atoms with Crippen molar-refractivity contribution in [2.75, 3.05) is 48.4 Å². The van der Waals surface area contributed by atoms with Gasteiger partial charge in [-0.05, 0) is 35.2 Å². The summed E-state index contributed by atoms with van der Waals surface area (Å²) in [4.78, 5) is 14.6. The zero-order valence-corrected chi connectivity index (χ0v) is 17.1. The monoisotopic (exact) mass is 381 g/mol. The van der Waals surface area contributed by atoms with E-state index in [1.54, 1.807) is 0 Å². The first-order valence-corrected chi connectivity index (χ1v) is 9.99. The highest BCUT2D eigenvalue weighted by atomic mass is 16.5. The molecule has 0 spiro atoms. The van der Waals surface area contributed by atoms with Crippen molar-refractivity contribution in [2.45, 2.75) is 32.6 Å². The summed E-state index contributed by atoms with van der Waals surface area (Å²) in [5, 5.41) is 6.39. The van der Waals surface area contributed by atoms with Crippen LogP contribution in [0.3, 0.4) is 0 Å². The largest absolute Gasteiger partial charge is 0.383 e. The molecule has 0 aromatic heterocycles. The number of amides is 1. The molecule has 1 aliphatic rings. The quantitative estimate of drug-likeness (QED) is 0.785. The second-order valence-electron chi connectivity index (χ2n) is 8.17. The number of ether oxygens (including phenoxy) is 1. The van der Waals surface area contributed by atoms with Gasteiger partial charge in [-0.25, -0.2) is 0 Å². The molecule has 1 aliphatic heterocycles. The van der Waals surface area contributed by atoms with Gasteiger partial charge in [0.2, 0.25) is 5.91 Å². The number of nitrogens with zero attached hydrogens (tertiary/aromatic N) is 1. The SMILES string of the molecule is CC(C)(C)c1ccc(NC(=O)CCNc2ccccc2N2CCOCC2)cc1. The van der Waals surface area contributed by atoms with Crippen LogP contribution in [0.5, 0.6) is 0 Å². The summed E-state index contributed by atoms with van der Waals surface area (Å²) in [6.45, 7) is 10.4. The van der Waals surface area contributed by atoms with Crippen molar-refractivity contribution >= 4 is 23.0 Å². The van der Waals surface area contributed by atoms with Crippen molar-refractivity contribution in [3.05, 3.63) is 54.1 Å². The molecule has 0 aliphatic carbocycles. The Hall–Kier alpha value is -2.53. The highest BCUT2D eigenvalue weighted by Crippen LogP contribution is 2.26. The number of anilines is 3. The van der Waals surface area contributed by atoms with Crippen LogP contribution in [0.15, 0.2) is 48.5 Å². The van der Waals surface area contributed by atoms with Gasteiger partial charge in [-0.2, -0.15) is 0 Å². The third-order valence-corrected chi connectivity index (χ3v) is 4.96. The van der Waals surface area contributed by atoms with Crippen LogP contribution in [0.4, 0.5) is 17.1 Å². The van der Waals surface area contributed by atoms with Crippen LogP contribution in [-0.4, -0.2) is 38.8 Å². The minimum atomic E-state index is 0.0138. The maximum absolute atomic E-state index is 12.3. The van der Waals surface area contributed by atoms with Gasteiger partial charge in [0.15, 0.2) is 0 Å². The molecule has 2 N–H and O–H groups in total. The molecule has 0 radical (unpaired) electrons. The second kappa shape index (κ2) is 9.11. The summed E-state index contributed by atoms with van der Waals surface area (Å²) in [7, 11) is 0. The molecular formula is C23H31N3O2. The van der Waals surface area contributed by atoms with Gasteiger partial charge in [-0.1, -0.05) is 45.0 Å². The number of hydrogen-bond donors (Lipinski definition) is 2. The first kappa shape index (κ1) is 20.2. The Kier molecular flexibility index (Phi) is 6.57. The standard InChI is InChI=1S/C23H31N3O2/c1-23(2,3)18-8-10-19(11-9-18)25-22(27)12-13-24-20-6-4-5-7-21(20)26-14-16-28-17-15-26/h4-11,24H,12-17H2,1-3H3,(H,25,27). The van der Waals surface area contributed by atoms with Crippen molar-refractivity contribution in [3.8, 4) is 0 Å². The van der Waals surface area contributed by atoms with E-state index in [0.29, 0.717) is 13.0 Å². The fourth-order valence-corrected chi connectivity index (χ4v) is 3.29. The van der Waals surface area contributed by atoms with Gasteiger partial charge < -0.3 is 20.3 Å². The Morgan fingerprint density at radius 2 is 1.71 bits per heavy atom. The van der Waals surface area contributed by atoms with E-state index in [0.717, 1.165) is 37.7 Å². The minimum absolute atomic E-state index is 0.0138. The molecule has 0 bridgehead atoms. The smallest absolute Gasteiger partial charge is 0.226 e. The first-order valence-electron chi connectivity index (χ1n) is 9.99. The average Bonchev–Trinajstić information content (AvgIpc) is 2.69. The first-order chi connectivity index (χ1) is 13.4. The van der Waals surface area contributed by atoms with Crippen molar-refractivity contribution in [3.63, 3.8) is 0 Å². The Morgan fingerprint density at radius 3 is 2.39 bits per heavy atom. The maximum atomic E-state index is 12.3. The van der Waals surface area contributed by atoms with E-state index in [1.165, 1.54) is 11.3 Å². The lowest BCUT2D eigenvalue weighted by Crippen LogP contribution is -2.36. The van der Waals surface area contributed by atoms with Gasteiger partial charge in [0.05, 0.1) is 24.6 Å². The molecule has 3 rings (SSSR count). The number of rotatable bonds is 6. The molecule has 2 aromatic rings. The Bertz CT molecular complexity index is 775. The number of hydrogen-bond acceptors (Lipinski definition) is 4. The molecule has 1 fully saturated rings. The lowest BCUT2D eigenvalue weighted by Gasteiger charge is -2.30. The number of carbonyl (C=O) groups excluding carboxylic acids is 1. The molecule has 1 amide bonds. The van der Waals surface area contributed by atoms with Crippen molar-refractivity contribution in [1.82, 2.24) is 0 Å². The molecule has 5 nitrogen and oxygen atoms in total. The van der Waals surface area contributed by atoms with Crippen LogP contribution in [0.25, 0.3) is 0 Å². The normalized spacial score (nSPS) is 14.6. The van der Waals surface area contributed by atoms with Crippen LogP contribution >= 0.6 is 0 Å². The molecule has 28 heavy (non-hydrogen) atoms. The van der Waals surface area contributed by atoms with Crippen molar-refractivity contribution in [2.24, 2.45) is 0 Å². The molecular weight excluding hydrogens is 350 g/mol. The van der Waals surface area contributed by atoms with Gasteiger partial charge in [0.1, 0.15) is 0 Å². The Morgan fingerprint density at radius 1 is 1.04 bits per heavy atom. The summed E-state index contributed by atoms with van der Waals surface area (Å²) in [6.07, 6.45) is 0.415. The molecule has 2 aromatic carbocycles. The fourth-order valence-electron chi connectivity index (χ4n) is 3.29.